The van der Waals surface area contributed by atoms with Gasteiger partial charge in [0.05, 0.1) is 4.92 Å². The van der Waals surface area contributed by atoms with E-state index in [2.05, 4.69) is 5.32 Å². The largest absolute Gasteiger partial charge is 0.380 e. The summed E-state index contributed by atoms with van der Waals surface area (Å²) < 4.78 is 0. The highest BCUT2D eigenvalue weighted by atomic mass is 16.6. The van der Waals surface area contributed by atoms with Crippen LogP contribution in [0.2, 0.25) is 0 Å². The third-order valence-electron chi connectivity index (χ3n) is 1.85. The van der Waals surface area contributed by atoms with Crippen molar-refractivity contribution >= 4 is 17.3 Å². The third-order valence-corrected chi connectivity index (χ3v) is 1.85. The second-order valence-electron chi connectivity index (χ2n) is 2.85. The predicted molar refractivity (Wildman–Crippen MR) is 55.8 cm³/mol. The average Bonchev–Trinajstić information content (AvgIpc) is 2.17. The molecule has 1 rings (SSSR count). The molecule has 0 saturated heterocycles. The van der Waals surface area contributed by atoms with Gasteiger partial charge >= 0.3 is 5.69 Å². The summed E-state index contributed by atoms with van der Waals surface area (Å²) in [6.45, 7) is 2.34. The van der Waals surface area contributed by atoms with E-state index in [0.717, 1.165) is 0 Å². The number of hydrogen-bond acceptors (Lipinski definition) is 4. The number of amides is 1. The summed E-state index contributed by atoms with van der Waals surface area (Å²) in [6.07, 6.45) is 0. The van der Waals surface area contributed by atoms with Gasteiger partial charge < -0.3 is 11.1 Å². The molecular formula is C9H11N3O3. The molecule has 1 aromatic rings. The van der Waals surface area contributed by atoms with Crippen molar-refractivity contribution < 1.29 is 9.72 Å². The molecule has 15 heavy (non-hydrogen) atoms. The van der Waals surface area contributed by atoms with Gasteiger partial charge in [0.1, 0.15) is 11.3 Å². The highest BCUT2D eigenvalue weighted by Gasteiger charge is 2.22. The molecule has 6 nitrogen and oxygen atoms in total. The number of carbonyl (C=O) groups excluding carboxylic acids is 1. The van der Waals surface area contributed by atoms with E-state index in [9.17, 15) is 14.9 Å². The Kier molecular flexibility index (Phi) is 3.22. The Morgan fingerprint density at radius 2 is 2.27 bits per heavy atom. The van der Waals surface area contributed by atoms with Gasteiger partial charge in [-0.2, -0.15) is 0 Å². The van der Waals surface area contributed by atoms with Gasteiger partial charge in [-0.15, -0.1) is 0 Å². The average molecular weight is 209 g/mol. The fourth-order valence-electron chi connectivity index (χ4n) is 1.27. The minimum Gasteiger partial charge on any atom is -0.380 e. The number of nitrogens with zero attached hydrogens (tertiary/aromatic N) is 1. The van der Waals surface area contributed by atoms with Gasteiger partial charge in [-0.25, -0.2) is 0 Å². The Morgan fingerprint density at radius 1 is 1.60 bits per heavy atom. The Morgan fingerprint density at radius 3 is 2.73 bits per heavy atom. The van der Waals surface area contributed by atoms with Gasteiger partial charge in [-0.05, 0) is 19.1 Å². The second kappa shape index (κ2) is 4.41. The topological polar surface area (TPSA) is 98.3 Å². The number of benzene rings is 1. The normalized spacial score (nSPS) is 9.67. The minimum atomic E-state index is -0.804. The number of primary amides is 1. The van der Waals surface area contributed by atoms with Crippen LogP contribution < -0.4 is 11.1 Å². The first kappa shape index (κ1) is 11.0. The highest BCUT2D eigenvalue weighted by Crippen LogP contribution is 2.27. The molecule has 0 unspecified atom stereocenters. The maximum atomic E-state index is 11.0. The monoisotopic (exact) mass is 209 g/mol. The Hall–Kier alpha value is -2.11. The number of anilines is 1. The van der Waals surface area contributed by atoms with E-state index in [-0.39, 0.29) is 11.3 Å². The lowest BCUT2D eigenvalue weighted by Crippen LogP contribution is -2.14. The molecule has 6 heteroatoms. The van der Waals surface area contributed by atoms with E-state index in [1.165, 1.54) is 12.1 Å². The molecule has 0 aromatic heterocycles. The molecule has 0 aliphatic rings. The van der Waals surface area contributed by atoms with Crippen LogP contribution in [0.5, 0.6) is 0 Å². The minimum absolute atomic E-state index is 0.0848. The van der Waals surface area contributed by atoms with E-state index in [1.807, 2.05) is 0 Å². The van der Waals surface area contributed by atoms with Crippen molar-refractivity contribution in [3.05, 3.63) is 33.9 Å². The molecule has 0 bridgehead atoms. The van der Waals surface area contributed by atoms with Gasteiger partial charge in [0, 0.05) is 6.54 Å². The first-order valence-corrected chi connectivity index (χ1v) is 4.39. The lowest BCUT2D eigenvalue weighted by atomic mass is 10.1. The van der Waals surface area contributed by atoms with Crippen LogP contribution >= 0.6 is 0 Å². The molecule has 1 aromatic carbocycles. The molecule has 0 fully saturated rings. The van der Waals surface area contributed by atoms with Crippen LogP contribution in [0.1, 0.15) is 17.3 Å². The number of rotatable bonds is 4. The van der Waals surface area contributed by atoms with Crippen molar-refractivity contribution in [3.63, 3.8) is 0 Å². The third kappa shape index (κ3) is 2.22. The molecule has 0 aliphatic heterocycles. The van der Waals surface area contributed by atoms with E-state index >= 15 is 0 Å². The van der Waals surface area contributed by atoms with E-state index in [0.29, 0.717) is 12.2 Å². The number of nitrogens with two attached hydrogens (primary N) is 1. The summed E-state index contributed by atoms with van der Waals surface area (Å²) in [4.78, 5) is 21.1. The van der Waals surface area contributed by atoms with Crippen LogP contribution in [-0.4, -0.2) is 17.4 Å². The maximum Gasteiger partial charge on any atom is 0.305 e. The van der Waals surface area contributed by atoms with Gasteiger partial charge in [0.25, 0.3) is 5.91 Å². The van der Waals surface area contributed by atoms with Crippen LogP contribution in [0.4, 0.5) is 11.4 Å². The SMILES string of the molecule is CCNc1cccc(C(N)=O)c1[N+](=O)[O-]. The number of hydrogen-bond donors (Lipinski definition) is 2. The number of nitro benzene ring substituents is 1. The summed E-state index contributed by atoms with van der Waals surface area (Å²) in [6, 6.07) is 4.42. The summed E-state index contributed by atoms with van der Waals surface area (Å²) in [5, 5.41) is 13.6. The summed E-state index contributed by atoms with van der Waals surface area (Å²) in [7, 11) is 0. The van der Waals surface area contributed by atoms with Gasteiger partial charge in [0.2, 0.25) is 0 Å². The molecule has 0 heterocycles. The molecule has 3 N–H and O–H groups in total. The highest BCUT2D eigenvalue weighted by molar-refractivity contribution is 5.99. The van der Waals surface area contributed by atoms with Gasteiger partial charge in [0.15, 0.2) is 0 Å². The fraction of sp³-hybridized carbons (Fsp3) is 0.222. The van der Waals surface area contributed by atoms with E-state index in [4.69, 9.17) is 5.73 Å². The van der Waals surface area contributed by atoms with Crippen LogP contribution in [0.15, 0.2) is 18.2 Å². The van der Waals surface area contributed by atoms with Crippen molar-refractivity contribution in [1.82, 2.24) is 0 Å². The number of carbonyl (C=O) groups is 1. The zero-order valence-electron chi connectivity index (χ0n) is 8.19. The van der Waals surface area contributed by atoms with Crippen molar-refractivity contribution in [3.8, 4) is 0 Å². The smallest absolute Gasteiger partial charge is 0.305 e. The van der Waals surface area contributed by atoms with Crippen LogP contribution in [-0.2, 0) is 0 Å². The molecule has 0 saturated carbocycles. The summed E-state index contributed by atoms with van der Waals surface area (Å²) >= 11 is 0. The number of para-hydroxylation sites is 1. The Bertz CT molecular complexity index is 404. The van der Waals surface area contributed by atoms with E-state index in [1.54, 1.807) is 13.0 Å². The summed E-state index contributed by atoms with van der Waals surface area (Å²) in [5.74, 6) is -0.804. The molecule has 1 amide bonds. The Balaban J connectivity index is 3.34. The van der Waals surface area contributed by atoms with Crippen molar-refractivity contribution in [2.45, 2.75) is 6.92 Å². The second-order valence-corrected chi connectivity index (χ2v) is 2.85. The van der Waals surface area contributed by atoms with Gasteiger partial charge in [-0.1, -0.05) is 6.07 Å². The van der Waals surface area contributed by atoms with Crippen molar-refractivity contribution in [2.24, 2.45) is 5.73 Å². The molecule has 80 valence electrons. The van der Waals surface area contributed by atoms with Crippen LogP contribution in [0.3, 0.4) is 0 Å². The number of nitrogens with one attached hydrogen (secondary N) is 1. The van der Waals surface area contributed by atoms with E-state index < -0.39 is 10.8 Å². The quantitative estimate of drug-likeness (QED) is 0.573. The first-order valence-electron chi connectivity index (χ1n) is 4.39. The van der Waals surface area contributed by atoms with Crippen LogP contribution in [0, 0.1) is 10.1 Å². The zero-order valence-corrected chi connectivity index (χ0v) is 8.19. The number of nitro groups is 1. The molecular weight excluding hydrogens is 198 g/mol. The molecule has 0 radical (unpaired) electrons. The van der Waals surface area contributed by atoms with Crippen LogP contribution in [0.25, 0.3) is 0 Å². The Labute approximate surface area is 86.2 Å². The van der Waals surface area contributed by atoms with Crippen molar-refractivity contribution in [1.29, 1.82) is 0 Å². The molecule has 0 aliphatic carbocycles. The van der Waals surface area contributed by atoms with Crippen molar-refractivity contribution in [2.75, 3.05) is 11.9 Å². The summed E-state index contributed by atoms with van der Waals surface area (Å²) in [5.41, 5.74) is 4.99. The van der Waals surface area contributed by atoms with Gasteiger partial charge in [-0.3, -0.25) is 14.9 Å². The fourth-order valence-corrected chi connectivity index (χ4v) is 1.27. The maximum absolute atomic E-state index is 11.0. The lowest BCUT2D eigenvalue weighted by molar-refractivity contribution is -0.384. The molecule has 0 spiro atoms. The first-order chi connectivity index (χ1) is 7.07. The lowest BCUT2D eigenvalue weighted by Gasteiger charge is -2.06. The zero-order chi connectivity index (χ0) is 11.4. The predicted octanol–water partition coefficient (Wildman–Crippen LogP) is 1.13. The standard InChI is InChI=1S/C9H11N3O3/c1-2-11-7-5-3-4-6(9(10)13)8(7)12(14)15/h3-5,11H,2H2,1H3,(H2,10,13). The molecule has 0 atom stereocenters.